The van der Waals surface area contributed by atoms with Gasteiger partial charge in [0, 0.05) is 38.2 Å². The molecule has 0 aliphatic carbocycles. The lowest BCUT2D eigenvalue weighted by molar-refractivity contribution is 0.199. The summed E-state index contributed by atoms with van der Waals surface area (Å²) in [5.74, 6) is 0.793. The molecule has 0 atom stereocenters. The van der Waals surface area contributed by atoms with Gasteiger partial charge in [-0.1, -0.05) is 12.1 Å². The number of nitrogens with zero attached hydrogens (tertiary/aromatic N) is 2. The van der Waals surface area contributed by atoms with Gasteiger partial charge in [0.25, 0.3) is 0 Å². The molecule has 1 N–H and O–H groups in total. The minimum absolute atomic E-state index is 0.365. The van der Waals surface area contributed by atoms with E-state index in [1.807, 2.05) is 19.1 Å². The van der Waals surface area contributed by atoms with Crippen LogP contribution in [0.2, 0.25) is 0 Å². The molecule has 0 bridgehead atoms. The number of hydrogen-bond acceptors (Lipinski definition) is 5. The summed E-state index contributed by atoms with van der Waals surface area (Å²) >= 11 is 0. The van der Waals surface area contributed by atoms with Gasteiger partial charge in [-0.3, -0.25) is 0 Å². The Kier molecular flexibility index (Phi) is 5.66. The molecule has 1 heterocycles. The number of benzene rings is 1. The molecule has 0 unspecified atom stereocenters. The van der Waals surface area contributed by atoms with E-state index in [2.05, 4.69) is 28.3 Å². The SMILES string of the molecule is COCCNCc1cnc(Oc2cccc(C)c2C)nc1. The van der Waals surface area contributed by atoms with Crippen molar-refractivity contribution in [1.82, 2.24) is 15.3 Å². The third-order valence-electron chi connectivity index (χ3n) is 3.25. The monoisotopic (exact) mass is 287 g/mol. The maximum Gasteiger partial charge on any atom is 0.321 e. The Morgan fingerprint density at radius 1 is 1.14 bits per heavy atom. The van der Waals surface area contributed by atoms with Crippen molar-refractivity contribution in [3.63, 3.8) is 0 Å². The fourth-order valence-corrected chi connectivity index (χ4v) is 1.83. The highest BCUT2D eigenvalue weighted by Gasteiger charge is 2.05. The van der Waals surface area contributed by atoms with Crippen molar-refractivity contribution < 1.29 is 9.47 Å². The fourth-order valence-electron chi connectivity index (χ4n) is 1.83. The van der Waals surface area contributed by atoms with Crippen LogP contribution >= 0.6 is 0 Å². The van der Waals surface area contributed by atoms with Crippen LogP contribution in [0.4, 0.5) is 0 Å². The van der Waals surface area contributed by atoms with Crippen LogP contribution < -0.4 is 10.1 Å². The molecule has 2 aromatic rings. The van der Waals surface area contributed by atoms with Gasteiger partial charge < -0.3 is 14.8 Å². The summed E-state index contributed by atoms with van der Waals surface area (Å²) in [5, 5.41) is 3.24. The van der Waals surface area contributed by atoms with Gasteiger partial charge in [0.15, 0.2) is 0 Å². The number of aromatic nitrogens is 2. The summed E-state index contributed by atoms with van der Waals surface area (Å²) in [6.07, 6.45) is 3.54. The molecular weight excluding hydrogens is 266 g/mol. The summed E-state index contributed by atoms with van der Waals surface area (Å²) in [6.45, 7) is 6.29. The highest BCUT2D eigenvalue weighted by molar-refractivity contribution is 5.39. The molecule has 5 heteroatoms. The zero-order valence-corrected chi connectivity index (χ0v) is 12.7. The third kappa shape index (κ3) is 4.51. The number of methoxy groups -OCH3 is 1. The van der Waals surface area contributed by atoms with Gasteiger partial charge in [0.05, 0.1) is 6.61 Å². The van der Waals surface area contributed by atoms with E-state index < -0.39 is 0 Å². The molecule has 0 aliphatic rings. The Morgan fingerprint density at radius 2 is 1.90 bits per heavy atom. The Labute approximate surface area is 125 Å². The second kappa shape index (κ2) is 7.71. The Hall–Kier alpha value is -1.98. The predicted octanol–water partition coefficient (Wildman–Crippen LogP) is 2.62. The molecule has 0 fully saturated rings. The summed E-state index contributed by atoms with van der Waals surface area (Å²) < 4.78 is 10.7. The van der Waals surface area contributed by atoms with Gasteiger partial charge in [-0.2, -0.15) is 0 Å². The first-order chi connectivity index (χ1) is 10.2. The first kappa shape index (κ1) is 15.4. The highest BCUT2D eigenvalue weighted by atomic mass is 16.5. The quantitative estimate of drug-likeness (QED) is 0.793. The smallest absolute Gasteiger partial charge is 0.321 e. The van der Waals surface area contributed by atoms with Gasteiger partial charge in [-0.15, -0.1) is 0 Å². The van der Waals surface area contributed by atoms with Crippen molar-refractivity contribution in [3.05, 3.63) is 47.3 Å². The maximum absolute atomic E-state index is 5.73. The molecule has 112 valence electrons. The van der Waals surface area contributed by atoms with Gasteiger partial charge in [-0.25, -0.2) is 9.97 Å². The van der Waals surface area contributed by atoms with Crippen LogP contribution in [0.3, 0.4) is 0 Å². The normalized spacial score (nSPS) is 10.6. The minimum atomic E-state index is 0.365. The van der Waals surface area contributed by atoms with E-state index in [0.29, 0.717) is 19.2 Å². The second-order valence-corrected chi connectivity index (χ2v) is 4.84. The molecule has 1 aromatic heterocycles. The maximum atomic E-state index is 5.73. The highest BCUT2D eigenvalue weighted by Crippen LogP contribution is 2.24. The van der Waals surface area contributed by atoms with Crippen molar-refractivity contribution in [2.45, 2.75) is 20.4 Å². The Bertz CT molecular complexity index is 570. The first-order valence-electron chi connectivity index (χ1n) is 6.95. The molecule has 0 radical (unpaired) electrons. The molecular formula is C16H21N3O2. The first-order valence-corrected chi connectivity index (χ1v) is 6.95. The standard InChI is InChI=1S/C16H21N3O2/c1-12-5-4-6-15(13(12)2)21-16-18-10-14(11-19-16)9-17-7-8-20-3/h4-6,10-11,17H,7-9H2,1-3H3. The lowest BCUT2D eigenvalue weighted by atomic mass is 10.1. The van der Waals surface area contributed by atoms with Crippen molar-refractivity contribution in [2.24, 2.45) is 0 Å². The molecule has 2 rings (SSSR count). The van der Waals surface area contributed by atoms with Crippen LogP contribution in [0.25, 0.3) is 0 Å². The number of ether oxygens (including phenoxy) is 2. The summed E-state index contributed by atoms with van der Waals surface area (Å²) in [6, 6.07) is 6.31. The van der Waals surface area contributed by atoms with Crippen LogP contribution in [0.1, 0.15) is 16.7 Å². The van der Waals surface area contributed by atoms with Crippen LogP contribution in [0, 0.1) is 13.8 Å². The second-order valence-electron chi connectivity index (χ2n) is 4.84. The van der Waals surface area contributed by atoms with Crippen LogP contribution in [-0.2, 0) is 11.3 Å². The third-order valence-corrected chi connectivity index (χ3v) is 3.25. The number of hydrogen-bond donors (Lipinski definition) is 1. The zero-order chi connectivity index (χ0) is 15.1. The van der Waals surface area contributed by atoms with Gasteiger partial charge in [0.2, 0.25) is 0 Å². The lowest BCUT2D eigenvalue weighted by Gasteiger charge is -2.09. The van der Waals surface area contributed by atoms with Gasteiger partial charge in [0.1, 0.15) is 5.75 Å². The molecule has 5 nitrogen and oxygen atoms in total. The average Bonchev–Trinajstić information content (AvgIpc) is 2.50. The van der Waals surface area contributed by atoms with E-state index in [1.54, 1.807) is 19.5 Å². The lowest BCUT2D eigenvalue weighted by Crippen LogP contribution is -2.18. The van der Waals surface area contributed by atoms with Crippen molar-refractivity contribution in [3.8, 4) is 11.8 Å². The number of aryl methyl sites for hydroxylation is 1. The Balaban J connectivity index is 1.94. The van der Waals surface area contributed by atoms with E-state index in [1.165, 1.54) is 5.56 Å². The summed E-state index contributed by atoms with van der Waals surface area (Å²) in [4.78, 5) is 8.48. The van der Waals surface area contributed by atoms with Crippen LogP contribution in [0.15, 0.2) is 30.6 Å². The van der Waals surface area contributed by atoms with Crippen molar-refractivity contribution in [2.75, 3.05) is 20.3 Å². The fraction of sp³-hybridized carbons (Fsp3) is 0.375. The van der Waals surface area contributed by atoms with E-state index in [-0.39, 0.29) is 0 Å². The molecule has 0 saturated carbocycles. The molecule has 0 spiro atoms. The average molecular weight is 287 g/mol. The number of rotatable bonds is 7. The largest absolute Gasteiger partial charge is 0.424 e. The minimum Gasteiger partial charge on any atom is -0.424 e. The molecule has 1 aromatic carbocycles. The number of nitrogens with one attached hydrogen (secondary N) is 1. The van der Waals surface area contributed by atoms with E-state index in [0.717, 1.165) is 23.4 Å². The summed E-state index contributed by atoms with van der Waals surface area (Å²) in [5.41, 5.74) is 3.30. The molecule has 0 saturated heterocycles. The van der Waals surface area contributed by atoms with Crippen molar-refractivity contribution in [1.29, 1.82) is 0 Å². The van der Waals surface area contributed by atoms with E-state index in [4.69, 9.17) is 9.47 Å². The molecule has 0 amide bonds. The Morgan fingerprint density at radius 3 is 2.62 bits per heavy atom. The van der Waals surface area contributed by atoms with Crippen LogP contribution in [0.5, 0.6) is 11.8 Å². The summed E-state index contributed by atoms with van der Waals surface area (Å²) in [7, 11) is 1.68. The van der Waals surface area contributed by atoms with Crippen molar-refractivity contribution >= 4 is 0 Å². The molecule has 21 heavy (non-hydrogen) atoms. The zero-order valence-electron chi connectivity index (χ0n) is 12.7. The van der Waals surface area contributed by atoms with Gasteiger partial charge >= 0.3 is 6.01 Å². The predicted molar refractivity (Wildman–Crippen MR) is 81.6 cm³/mol. The molecule has 0 aliphatic heterocycles. The van der Waals surface area contributed by atoms with Crippen LogP contribution in [-0.4, -0.2) is 30.2 Å². The van der Waals surface area contributed by atoms with E-state index in [9.17, 15) is 0 Å². The van der Waals surface area contributed by atoms with Gasteiger partial charge in [-0.05, 0) is 31.0 Å². The van der Waals surface area contributed by atoms with E-state index >= 15 is 0 Å². The topological polar surface area (TPSA) is 56.3 Å².